The monoisotopic (exact) mass is 374 g/mol. The van der Waals surface area contributed by atoms with Crippen molar-refractivity contribution in [3.8, 4) is 0 Å². The lowest BCUT2D eigenvalue weighted by Gasteiger charge is -2.24. The first kappa shape index (κ1) is 16.8. The van der Waals surface area contributed by atoms with Crippen molar-refractivity contribution in [1.29, 1.82) is 0 Å². The van der Waals surface area contributed by atoms with E-state index in [4.69, 9.17) is 0 Å². The van der Waals surface area contributed by atoms with Gasteiger partial charge in [0.05, 0.1) is 17.2 Å². The van der Waals surface area contributed by atoms with Crippen LogP contribution in [0.25, 0.3) is 0 Å². The Kier molecular flexibility index (Phi) is 6.08. The van der Waals surface area contributed by atoms with Crippen molar-refractivity contribution in [2.75, 3.05) is 36.0 Å². The minimum absolute atomic E-state index is 0.249. The highest BCUT2D eigenvalue weighted by Gasteiger charge is 2.20. The maximum Gasteiger partial charge on any atom is 0.152 e. The first-order chi connectivity index (χ1) is 10.0. The molecule has 1 aromatic rings. The van der Waals surface area contributed by atoms with Crippen molar-refractivity contribution in [3.05, 3.63) is 28.2 Å². The Morgan fingerprint density at radius 3 is 2.81 bits per heavy atom. The third kappa shape index (κ3) is 4.97. The standard InChI is InChI=1S/C15H23BrN2O2S/c1-2-6-17-12-13-4-5-15(14(16)11-13)18-7-3-9-21(19,20)10-8-18/h4-5,11,17H,2-3,6-10,12H2,1H3. The summed E-state index contributed by atoms with van der Waals surface area (Å²) in [6, 6.07) is 6.32. The summed E-state index contributed by atoms with van der Waals surface area (Å²) in [6.07, 6.45) is 1.83. The maximum atomic E-state index is 11.7. The number of anilines is 1. The number of nitrogens with one attached hydrogen (secondary N) is 1. The van der Waals surface area contributed by atoms with Crippen molar-refractivity contribution in [1.82, 2.24) is 5.32 Å². The van der Waals surface area contributed by atoms with E-state index in [9.17, 15) is 8.42 Å². The van der Waals surface area contributed by atoms with Gasteiger partial charge in [-0.3, -0.25) is 0 Å². The molecule has 1 aromatic carbocycles. The van der Waals surface area contributed by atoms with Crippen LogP contribution in [0.2, 0.25) is 0 Å². The second-order valence-electron chi connectivity index (χ2n) is 5.45. The molecule has 1 saturated heterocycles. The van der Waals surface area contributed by atoms with Gasteiger partial charge in [0.25, 0.3) is 0 Å². The third-order valence-electron chi connectivity index (χ3n) is 3.66. The molecule has 1 N–H and O–H groups in total. The summed E-state index contributed by atoms with van der Waals surface area (Å²) in [7, 11) is -2.86. The average molecular weight is 375 g/mol. The van der Waals surface area contributed by atoms with Gasteiger partial charge < -0.3 is 10.2 Å². The van der Waals surface area contributed by atoms with Crippen molar-refractivity contribution < 1.29 is 8.42 Å². The molecule has 1 aliphatic heterocycles. The van der Waals surface area contributed by atoms with Gasteiger partial charge in [-0.15, -0.1) is 0 Å². The van der Waals surface area contributed by atoms with E-state index in [1.165, 1.54) is 5.56 Å². The number of hydrogen-bond acceptors (Lipinski definition) is 4. The number of hydrogen-bond donors (Lipinski definition) is 1. The summed E-state index contributed by atoms with van der Waals surface area (Å²) >= 11 is 3.63. The van der Waals surface area contributed by atoms with Gasteiger partial charge in [-0.2, -0.15) is 0 Å². The second kappa shape index (κ2) is 7.61. The van der Waals surface area contributed by atoms with Crippen LogP contribution < -0.4 is 10.2 Å². The molecule has 6 heteroatoms. The van der Waals surface area contributed by atoms with Gasteiger partial charge in [-0.1, -0.05) is 13.0 Å². The molecule has 0 saturated carbocycles. The van der Waals surface area contributed by atoms with Gasteiger partial charge in [-0.25, -0.2) is 8.42 Å². The summed E-state index contributed by atoms with van der Waals surface area (Å²) in [5, 5.41) is 3.38. The molecule has 1 heterocycles. The van der Waals surface area contributed by atoms with E-state index in [1.54, 1.807) is 0 Å². The van der Waals surface area contributed by atoms with Crippen LogP contribution in [0.4, 0.5) is 5.69 Å². The van der Waals surface area contributed by atoms with E-state index < -0.39 is 9.84 Å². The molecular weight excluding hydrogens is 352 g/mol. The molecule has 0 bridgehead atoms. The largest absolute Gasteiger partial charge is 0.370 e. The predicted molar refractivity (Wildman–Crippen MR) is 91.6 cm³/mol. The minimum atomic E-state index is -2.86. The topological polar surface area (TPSA) is 49.4 Å². The highest BCUT2D eigenvalue weighted by atomic mass is 79.9. The van der Waals surface area contributed by atoms with Crippen molar-refractivity contribution in [2.24, 2.45) is 0 Å². The van der Waals surface area contributed by atoms with E-state index in [0.717, 1.165) is 36.2 Å². The van der Waals surface area contributed by atoms with Crippen LogP contribution in [0, 0.1) is 0 Å². The van der Waals surface area contributed by atoms with Crippen LogP contribution >= 0.6 is 15.9 Å². The summed E-state index contributed by atoms with van der Waals surface area (Å²) in [5.41, 5.74) is 2.33. The molecule has 2 rings (SSSR count). The third-order valence-corrected chi connectivity index (χ3v) is 6.01. The molecule has 0 radical (unpaired) electrons. The van der Waals surface area contributed by atoms with Crippen LogP contribution in [0.15, 0.2) is 22.7 Å². The molecule has 0 aliphatic carbocycles. The van der Waals surface area contributed by atoms with E-state index in [2.05, 4.69) is 51.3 Å². The van der Waals surface area contributed by atoms with E-state index >= 15 is 0 Å². The summed E-state index contributed by atoms with van der Waals surface area (Å²) < 4.78 is 24.4. The Morgan fingerprint density at radius 1 is 1.29 bits per heavy atom. The molecule has 118 valence electrons. The van der Waals surface area contributed by atoms with Gasteiger partial charge in [0.2, 0.25) is 0 Å². The smallest absolute Gasteiger partial charge is 0.152 e. The number of nitrogens with zero attached hydrogens (tertiary/aromatic N) is 1. The summed E-state index contributed by atoms with van der Waals surface area (Å²) in [4.78, 5) is 2.16. The van der Waals surface area contributed by atoms with Crippen molar-refractivity contribution >= 4 is 31.5 Å². The number of benzene rings is 1. The maximum absolute atomic E-state index is 11.7. The van der Waals surface area contributed by atoms with E-state index in [-0.39, 0.29) is 5.75 Å². The van der Waals surface area contributed by atoms with E-state index in [1.807, 2.05) is 0 Å². The quantitative estimate of drug-likeness (QED) is 0.804. The highest BCUT2D eigenvalue weighted by molar-refractivity contribution is 9.10. The van der Waals surface area contributed by atoms with Gasteiger partial charge in [-0.05, 0) is 53.0 Å². The highest BCUT2D eigenvalue weighted by Crippen LogP contribution is 2.28. The second-order valence-corrected chi connectivity index (χ2v) is 8.61. The Hall–Kier alpha value is -0.590. The Bertz CT molecular complexity index is 575. The first-order valence-electron chi connectivity index (χ1n) is 7.46. The number of rotatable bonds is 5. The Morgan fingerprint density at radius 2 is 2.10 bits per heavy atom. The average Bonchev–Trinajstić information content (AvgIpc) is 2.60. The minimum Gasteiger partial charge on any atom is -0.370 e. The molecule has 0 aromatic heterocycles. The SMILES string of the molecule is CCCNCc1ccc(N2CCCS(=O)(=O)CC2)c(Br)c1. The summed E-state index contributed by atoms with van der Waals surface area (Å²) in [5.74, 6) is 0.555. The van der Waals surface area contributed by atoms with Crippen LogP contribution in [0.3, 0.4) is 0 Å². The Labute approximate surface area is 136 Å². The molecule has 1 fully saturated rings. The number of halogens is 1. The van der Waals surface area contributed by atoms with Crippen LogP contribution in [0.1, 0.15) is 25.3 Å². The lowest BCUT2D eigenvalue weighted by Crippen LogP contribution is -2.27. The Balaban J connectivity index is 2.06. The molecular formula is C15H23BrN2O2S. The van der Waals surface area contributed by atoms with Crippen molar-refractivity contribution in [2.45, 2.75) is 26.3 Å². The van der Waals surface area contributed by atoms with Gasteiger partial charge in [0, 0.05) is 24.1 Å². The fourth-order valence-electron chi connectivity index (χ4n) is 2.51. The molecule has 21 heavy (non-hydrogen) atoms. The van der Waals surface area contributed by atoms with Gasteiger partial charge in [0.1, 0.15) is 0 Å². The molecule has 0 spiro atoms. The fraction of sp³-hybridized carbons (Fsp3) is 0.600. The first-order valence-corrected chi connectivity index (χ1v) is 10.1. The lowest BCUT2D eigenvalue weighted by atomic mass is 10.2. The zero-order valence-corrected chi connectivity index (χ0v) is 14.8. The summed E-state index contributed by atoms with van der Waals surface area (Å²) in [6.45, 7) is 5.41. The predicted octanol–water partition coefficient (Wildman–Crippen LogP) is 2.57. The number of sulfone groups is 1. The molecule has 0 atom stereocenters. The van der Waals surface area contributed by atoms with Crippen LogP contribution in [-0.2, 0) is 16.4 Å². The van der Waals surface area contributed by atoms with Crippen LogP contribution in [-0.4, -0.2) is 39.6 Å². The van der Waals surface area contributed by atoms with Crippen molar-refractivity contribution in [3.63, 3.8) is 0 Å². The van der Waals surface area contributed by atoms with Gasteiger partial charge in [0.15, 0.2) is 9.84 Å². The van der Waals surface area contributed by atoms with Gasteiger partial charge >= 0.3 is 0 Å². The molecule has 0 amide bonds. The lowest BCUT2D eigenvalue weighted by molar-refractivity contribution is 0.597. The molecule has 1 aliphatic rings. The van der Waals surface area contributed by atoms with E-state index in [0.29, 0.717) is 18.7 Å². The normalized spacial score (nSPS) is 18.5. The molecule has 0 unspecified atom stereocenters. The zero-order chi connectivity index (χ0) is 15.3. The molecule has 4 nitrogen and oxygen atoms in total. The zero-order valence-electron chi connectivity index (χ0n) is 12.4. The fourth-order valence-corrected chi connectivity index (χ4v) is 4.45. The van der Waals surface area contributed by atoms with Crippen LogP contribution in [0.5, 0.6) is 0 Å².